The number of hydrogen-bond donors (Lipinski definition) is 0. The van der Waals surface area contributed by atoms with Crippen LogP contribution >= 0.6 is 0 Å². The van der Waals surface area contributed by atoms with E-state index in [2.05, 4.69) is 33.8 Å². The molecule has 21 heavy (non-hydrogen) atoms. The molecule has 1 saturated heterocycles. The van der Waals surface area contributed by atoms with E-state index in [-0.39, 0.29) is 0 Å². The highest BCUT2D eigenvalue weighted by Gasteiger charge is 2.29. The summed E-state index contributed by atoms with van der Waals surface area (Å²) in [5.41, 5.74) is 0. The maximum absolute atomic E-state index is 5.34. The summed E-state index contributed by atoms with van der Waals surface area (Å²) in [4.78, 5) is 4.78. The molecule has 1 aromatic rings. The summed E-state index contributed by atoms with van der Waals surface area (Å²) in [6.45, 7) is 10.7. The Balaban J connectivity index is 1.99. The van der Waals surface area contributed by atoms with Crippen LogP contribution in [0.5, 0.6) is 5.88 Å². The maximum atomic E-state index is 5.34. The van der Waals surface area contributed by atoms with Gasteiger partial charge in [-0.05, 0) is 26.8 Å². The molecule has 2 rings (SSSR count). The lowest BCUT2D eigenvalue weighted by Crippen LogP contribution is -2.57. The summed E-state index contributed by atoms with van der Waals surface area (Å²) in [5.74, 6) is 1.50. The van der Waals surface area contributed by atoms with Gasteiger partial charge >= 0.3 is 0 Å². The number of anilines is 1. The van der Waals surface area contributed by atoms with Crippen LogP contribution in [0.4, 0.5) is 5.82 Å². The number of hydrogen-bond acceptors (Lipinski definition) is 6. The molecule has 1 aliphatic rings. The smallest absolute Gasteiger partial charge is 0.233 e. The Labute approximate surface area is 127 Å². The molecule has 118 valence electrons. The SMILES string of the molecule is CCOc1ccc(N2CC(C)N(CCOC)C(C)C2)nn1. The number of ether oxygens (including phenoxy) is 2. The molecule has 2 heterocycles. The molecular formula is C15H26N4O2. The zero-order valence-electron chi connectivity index (χ0n) is 13.5. The van der Waals surface area contributed by atoms with E-state index >= 15 is 0 Å². The van der Waals surface area contributed by atoms with Gasteiger partial charge in [-0.1, -0.05) is 0 Å². The quantitative estimate of drug-likeness (QED) is 0.791. The first-order valence-corrected chi connectivity index (χ1v) is 7.61. The average molecular weight is 294 g/mol. The minimum atomic E-state index is 0.470. The van der Waals surface area contributed by atoms with Gasteiger partial charge in [0.1, 0.15) is 0 Å². The highest BCUT2D eigenvalue weighted by molar-refractivity contribution is 5.39. The van der Waals surface area contributed by atoms with Crippen molar-refractivity contribution in [3.63, 3.8) is 0 Å². The molecule has 0 spiro atoms. The van der Waals surface area contributed by atoms with Gasteiger partial charge in [0, 0.05) is 44.9 Å². The van der Waals surface area contributed by atoms with Crippen LogP contribution in [0.2, 0.25) is 0 Å². The van der Waals surface area contributed by atoms with E-state index in [1.54, 1.807) is 7.11 Å². The summed E-state index contributed by atoms with van der Waals surface area (Å²) in [6.07, 6.45) is 0. The van der Waals surface area contributed by atoms with Gasteiger partial charge < -0.3 is 14.4 Å². The lowest BCUT2D eigenvalue weighted by atomic mass is 10.1. The molecule has 1 aromatic heterocycles. The molecule has 2 atom stereocenters. The van der Waals surface area contributed by atoms with Crippen molar-refractivity contribution in [3.05, 3.63) is 12.1 Å². The molecule has 0 bridgehead atoms. The lowest BCUT2D eigenvalue weighted by Gasteiger charge is -2.44. The van der Waals surface area contributed by atoms with Crippen molar-refractivity contribution in [3.8, 4) is 5.88 Å². The zero-order chi connectivity index (χ0) is 15.2. The van der Waals surface area contributed by atoms with E-state index in [9.17, 15) is 0 Å². The summed E-state index contributed by atoms with van der Waals surface area (Å²) in [6, 6.07) is 4.82. The van der Waals surface area contributed by atoms with E-state index in [1.807, 2.05) is 19.1 Å². The third kappa shape index (κ3) is 4.04. The van der Waals surface area contributed by atoms with Gasteiger partial charge in [-0.15, -0.1) is 10.2 Å². The van der Waals surface area contributed by atoms with Crippen molar-refractivity contribution in [1.29, 1.82) is 0 Å². The van der Waals surface area contributed by atoms with Gasteiger partial charge in [0.2, 0.25) is 5.88 Å². The van der Waals surface area contributed by atoms with Crippen LogP contribution in [-0.2, 0) is 4.74 Å². The number of piperazine rings is 1. The van der Waals surface area contributed by atoms with Gasteiger partial charge in [0.05, 0.1) is 13.2 Å². The predicted octanol–water partition coefficient (Wildman–Crippen LogP) is 1.42. The molecule has 0 amide bonds. The predicted molar refractivity (Wildman–Crippen MR) is 82.9 cm³/mol. The summed E-state index contributed by atoms with van der Waals surface area (Å²) in [7, 11) is 1.75. The molecule has 0 N–H and O–H groups in total. The molecule has 2 unspecified atom stereocenters. The van der Waals surface area contributed by atoms with Crippen LogP contribution in [0.3, 0.4) is 0 Å². The third-order valence-corrected chi connectivity index (χ3v) is 3.90. The molecule has 0 saturated carbocycles. The summed E-state index contributed by atoms with van der Waals surface area (Å²) < 4.78 is 10.5. The minimum absolute atomic E-state index is 0.470. The largest absolute Gasteiger partial charge is 0.477 e. The van der Waals surface area contributed by atoms with Crippen molar-refractivity contribution in [2.45, 2.75) is 32.9 Å². The van der Waals surface area contributed by atoms with Crippen LogP contribution in [0.25, 0.3) is 0 Å². The fraction of sp³-hybridized carbons (Fsp3) is 0.733. The second-order valence-electron chi connectivity index (χ2n) is 5.50. The minimum Gasteiger partial charge on any atom is -0.477 e. The maximum Gasteiger partial charge on any atom is 0.233 e. The highest BCUT2D eigenvalue weighted by Crippen LogP contribution is 2.21. The van der Waals surface area contributed by atoms with Crippen molar-refractivity contribution in [2.75, 3.05) is 44.9 Å². The Hall–Kier alpha value is -1.40. The number of aromatic nitrogens is 2. The van der Waals surface area contributed by atoms with Gasteiger partial charge in [0.15, 0.2) is 5.82 Å². The molecule has 6 heteroatoms. The van der Waals surface area contributed by atoms with Crippen molar-refractivity contribution in [2.24, 2.45) is 0 Å². The number of methoxy groups -OCH3 is 1. The first kappa shape index (κ1) is 16.0. The van der Waals surface area contributed by atoms with E-state index in [0.717, 1.165) is 32.1 Å². The Morgan fingerprint density at radius 3 is 2.43 bits per heavy atom. The molecule has 0 aromatic carbocycles. The molecule has 0 radical (unpaired) electrons. The van der Waals surface area contributed by atoms with Gasteiger partial charge in [-0.25, -0.2) is 0 Å². The summed E-state index contributed by atoms with van der Waals surface area (Å²) >= 11 is 0. The Morgan fingerprint density at radius 2 is 1.90 bits per heavy atom. The van der Waals surface area contributed by atoms with Crippen LogP contribution in [0.1, 0.15) is 20.8 Å². The van der Waals surface area contributed by atoms with Gasteiger partial charge in [-0.3, -0.25) is 4.90 Å². The lowest BCUT2D eigenvalue weighted by molar-refractivity contribution is 0.0844. The zero-order valence-corrected chi connectivity index (χ0v) is 13.5. The van der Waals surface area contributed by atoms with E-state index in [4.69, 9.17) is 9.47 Å². The second kappa shape index (κ2) is 7.56. The normalized spacial score (nSPS) is 23.3. The van der Waals surface area contributed by atoms with Crippen molar-refractivity contribution >= 4 is 5.82 Å². The van der Waals surface area contributed by atoms with Crippen LogP contribution in [0, 0.1) is 0 Å². The molecular weight excluding hydrogens is 268 g/mol. The topological polar surface area (TPSA) is 50.7 Å². The van der Waals surface area contributed by atoms with Crippen molar-refractivity contribution in [1.82, 2.24) is 15.1 Å². The van der Waals surface area contributed by atoms with Crippen LogP contribution in [-0.4, -0.2) is 67.1 Å². The van der Waals surface area contributed by atoms with Crippen LogP contribution < -0.4 is 9.64 Å². The first-order chi connectivity index (χ1) is 10.2. The van der Waals surface area contributed by atoms with E-state index in [0.29, 0.717) is 24.6 Å². The van der Waals surface area contributed by atoms with Crippen LogP contribution in [0.15, 0.2) is 12.1 Å². The molecule has 0 aliphatic carbocycles. The third-order valence-electron chi connectivity index (χ3n) is 3.90. The Morgan fingerprint density at radius 1 is 1.19 bits per heavy atom. The number of nitrogens with zero attached hydrogens (tertiary/aromatic N) is 4. The standard InChI is InChI=1S/C15H26N4O2/c1-5-21-15-7-6-14(16-17-15)18-10-12(2)19(8-9-20-4)13(3)11-18/h6-7,12-13H,5,8-11H2,1-4H3. The number of rotatable bonds is 6. The van der Waals surface area contributed by atoms with Crippen molar-refractivity contribution < 1.29 is 9.47 Å². The monoisotopic (exact) mass is 294 g/mol. The Bertz CT molecular complexity index is 414. The fourth-order valence-corrected chi connectivity index (χ4v) is 2.89. The fourth-order valence-electron chi connectivity index (χ4n) is 2.89. The molecule has 6 nitrogen and oxygen atoms in total. The molecule has 1 fully saturated rings. The molecule has 1 aliphatic heterocycles. The summed E-state index contributed by atoms with van der Waals surface area (Å²) in [5, 5.41) is 8.40. The Kier molecular flexibility index (Phi) is 5.76. The first-order valence-electron chi connectivity index (χ1n) is 7.61. The van der Waals surface area contributed by atoms with Gasteiger partial charge in [-0.2, -0.15) is 0 Å². The van der Waals surface area contributed by atoms with E-state index < -0.39 is 0 Å². The second-order valence-corrected chi connectivity index (χ2v) is 5.50. The van der Waals surface area contributed by atoms with E-state index in [1.165, 1.54) is 0 Å². The average Bonchev–Trinajstić information content (AvgIpc) is 2.47. The highest BCUT2D eigenvalue weighted by atomic mass is 16.5. The van der Waals surface area contributed by atoms with Gasteiger partial charge in [0.25, 0.3) is 0 Å².